The predicted molar refractivity (Wildman–Crippen MR) is 101 cm³/mol. The van der Waals surface area contributed by atoms with Crippen molar-refractivity contribution >= 4 is 10.9 Å². The monoisotopic (exact) mass is 319 g/mol. The molecule has 0 unspecified atom stereocenters. The smallest absolute Gasteiger partial charge is 0.0464 e. The van der Waals surface area contributed by atoms with Crippen molar-refractivity contribution in [2.24, 2.45) is 5.73 Å². The van der Waals surface area contributed by atoms with E-state index in [0.29, 0.717) is 6.54 Å². The highest BCUT2D eigenvalue weighted by Crippen LogP contribution is 2.25. The van der Waals surface area contributed by atoms with Crippen LogP contribution in [0.25, 0.3) is 22.2 Å². The molecule has 1 fully saturated rings. The van der Waals surface area contributed by atoms with Crippen LogP contribution in [0.4, 0.5) is 0 Å². The minimum Gasteiger partial charge on any atom is -0.355 e. The van der Waals surface area contributed by atoms with E-state index in [0.717, 1.165) is 6.54 Å². The second-order valence-electron chi connectivity index (χ2n) is 6.84. The maximum absolute atomic E-state index is 5.74. The van der Waals surface area contributed by atoms with Gasteiger partial charge in [0.15, 0.2) is 0 Å². The molecule has 3 aromatic rings. The van der Waals surface area contributed by atoms with Crippen LogP contribution in [0.2, 0.25) is 0 Å². The molecule has 0 saturated carbocycles. The lowest BCUT2D eigenvalue weighted by Gasteiger charge is -2.26. The van der Waals surface area contributed by atoms with Crippen molar-refractivity contribution in [3.63, 3.8) is 0 Å². The normalized spacial score (nSPS) is 15.9. The van der Waals surface area contributed by atoms with Gasteiger partial charge in [-0.15, -0.1) is 0 Å². The molecule has 0 aliphatic carbocycles. The summed E-state index contributed by atoms with van der Waals surface area (Å²) in [6.45, 7) is 4.15. The summed E-state index contributed by atoms with van der Waals surface area (Å²) in [5.74, 6) is 0. The molecule has 1 aliphatic heterocycles. The second-order valence-corrected chi connectivity index (χ2v) is 6.84. The van der Waals surface area contributed by atoms with Gasteiger partial charge >= 0.3 is 0 Å². The maximum atomic E-state index is 5.74. The van der Waals surface area contributed by atoms with E-state index in [9.17, 15) is 0 Å². The Hall–Kier alpha value is -2.10. The SMILES string of the molecule is NCc1ccc2[nH]c(-c3ccc(CN4CCCCC4)cc3)cc2c1. The molecule has 1 aromatic heterocycles. The zero-order chi connectivity index (χ0) is 16.4. The van der Waals surface area contributed by atoms with Gasteiger partial charge in [-0.1, -0.05) is 36.8 Å². The molecular weight excluding hydrogens is 294 g/mol. The third-order valence-corrected chi connectivity index (χ3v) is 5.04. The number of fused-ring (bicyclic) bond motifs is 1. The molecule has 4 rings (SSSR count). The molecule has 24 heavy (non-hydrogen) atoms. The lowest BCUT2D eigenvalue weighted by Crippen LogP contribution is -2.28. The first-order valence-electron chi connectivity index (χ1n) is 8.95. The molecule has 0 bridgehead atoms. The van der Waals surface area contributed by atoms with Crippen LogP contribution in [-0.4, -0.2) is 23.0 Å². The highest BCUT2D eigenvalue weighted by molar-refractivity contribution is 5.86. The van der Waals surface area contributed by atoms with Gasteiger partial charge in [0.05, 0.1) is 0 Å². The fourth-order valence-corrected chi connectivity index (χ4v) is 3.63. The molecule has 1 aliphatic rings. The van der Waals surface area contributed by atoms with Gasteiger partial charge in [-0.25, -0.2) is 0 Å². The average Bonchev–Trinajstić information content (AvgIpc) is 3.06. The summed E-state index contributed by atoms with van der Waals surface area (Å²) in [7, 11) is 0. The first kappa shape index (κ1) is 15.4. The number of nitrogens with zero attached hydrogens (tertiary/aromatic N) is 1. The number of H-pyrrole nitrogens is 1. The van der Waals surface area contributed by atoms with Gasteiger partial charge in [-0.05, 0) is 60.8 Å². The quantitative estimate of drug-likeness (QED) is 0.754. The number of aromatic amines is 1. The molecule has 0 amide bonds. The van der Waals surface area contributed by atoms with Crippen molar-refractivity contribution in [1.82, 2.24) is 9.88 Å². The number of likely N-dealkylation sites (tertiary alicyclic amines) is 1. The topological polar surface area (TPSA) is 45.1 Å². The highest BCUT2D eigenvalue weighted by Gasteiger charge is 2.10. The molecule has 2 heterocycles. The largest absolute Gasteiger partial charge is 0.355 e. The van der Waals surface area contributed by atoms with Crippen LogP contribution in [0.1, 0.15) is 30.4 Å². The van der Waals surface area contributed by atoms with Gasteiger partial charge in [0.2, 0.25) is 0 Å². The van der Waals surface area contributed by atoms with Crippen LogP contribution < -0.4 is 5.73 Å². The number of benzene rings is 2. The summed E-state index contributed by atoms with van der Waals surface area (Å²) in [6.07, 6.45) is 4.08. The minimum atomic E-state index is 0.585. The Morgan fingerprint density at radius 3 is 2.38 bits per heavy atom. The Bertz CT molecular complexity index is 811. The lowest BCUT2D eigenvalue weighted by molar-refractivity contribution is 0.221. The standard InChI is InChI=1S/C21H25N3/c22-14-17-6-9-20-19(12-17)13-21(23-20)18-7-4-16(5-8-18)15-24-10-2-1-3-11-24/h4-9,12-13,23H,1-3,10-11,14-15,22H2. The summed E-state index contributed by atoms with van der Waals surface area (Å²) in [5, 5.41) is 1.23. The van der Waals surface area contributed by atoms with Crippen molar-refractivity contribution in [3.8, 4) is 11.3 Å². The second kappa shape index (κ2) is 6.80. The number of piperidine rings is 1. The number of nitrogens with one attached hydrogen (secondary N) is 1. The molecule has 3 N–H and O–H groups in total. The predicted octanol–water partition coefficient (Wildman–Crippen LogP) is 4.28. The summed E-state index contributed by atoms with van der Waals surface area (Å²) in [6, 6.07) is 17.6. The highest BCUT2D eigenvalue weighted by atomic mass is 15.1. The minimum absolute atomic E-state index is 0.585. The van der Waals surface area contributed by atoms with E-state index in [1.807, 2.05) is 0 Å². The van der Waals surface area contributed by atoms with E-state index in [2.05, 4.69) is 58.4 Å². The van der Waals surface area contributed by atoms with E-state index < -0.39 is 0 Å². The number of aromatic nitrogens is 1. The van der Waals surface area contributed by atoms with Crippen LogP contribution in [0.3, 0.4) is 0 Å². The fraction of sp³-hybridized carbons (Fsp3) is 0.333. The van der Waals surface area contributed by atoms with Crippen LogP contribution in [0.15, 0.2) is 48.5 Å². The number of hydrogen-bond donors (Lipinski definition) is 2. The lowest BCUT2D eigenvalue weighted by atomic mass is 10.1. The number of hydrogen-bond acceptors (Lipinski definition) is 2. The molecule has 2 aromatic carbocycles. The summed E-state index contributed by atoms with van der Waals surface area (Å²) in [5.41, 5.74) is 11.9. The zero-order valence-corrected chi connectivity index (χ0v) is 14.1. The van der Waals surface area contributed by atoms with Gasteiger partial charge in [0, 0.05) is 29.7 Å². The molecule has 0 spiro atoms. The Morgan fingerprint density at radius 2 is 1.62 bits per heavy atom. The summed E-state index contributed by atoms with van der Waals surface area (Å²) in [4.78, 5) is 6.08. The van der Waals surface area contributed by atoms with E-state index in [1.165, 1.54) is 65.6 Å². The first-order valence-corrected chi connectivity index (χ1v) is 8.95. The molecule has 3 nitrogen and oxygen atoms in total. The number of nitrogens with two attached hydrogens (primary N) is 1. The van der Waals surface area contributed by atoms with Gasteiger partial charge < -0.3 is 10.7 Å². The van der Waals surface area contributed by atoms with Crippen LogP contribution in [-0.2, 0) is 13.1 Å². The first-order chi connectivity index (χ1) is 11.8. The van der Waals surface area contributed by atoms with Crippen LogP contribution >= 0.6 is 0 Å². The third kappa shape index (κ3) is 3.23. The molecule has 1 saturated heterocycles. The van der Waals surface area contributed by atoms with E-state index in [-0.39, 0.29) is 0 Å². The van der Waals surface area contributed by atoms with Gasteiger partial charge in [0.1, 0.15) is 0 Å². The Labute approximate surface area is 143 Å². The Kier molecular flexibility index (Phi) is 4.37. The van der Waals surface area contributed by atoms with E-state index in [1.54, 1.807) is 0 Å². The molecule has 124 valence electrons. The van der Waals surface area contributed by atoms with Gasteiger partial charge in [-0.3, -0.25) is 4.90 Å². The molecule has 0 atom stereocenters. The van der Waals surface area contributed by atoms with Gasteiger partial charge in [0.25, 0.3) is 0 Å². The van der Waals surface area contributed by atoms with Crippen LogP contribution in [0.5, 0.6) is 0 Å². The fourth-order valence-electron chi connectivity index (χ4n) is 3.63. The maximum Gasteiger partial charge on any atom is 0.0464 e. The van der Waals surface area contributed by atoms with E-state index in [4.69, 9.17) is 5.73 Å². The summed E-state index contributed by atoms with van der Waals surface area (Å²) >= 11 is 0. The van der Waals surface area contributed by atoms with E-state index >= 15 is 0 Å². The molecular formula is C21H25N3. The van der Waals surface area contributed by atoms with Crippen molar-refractivity contribution < 1.29 is 0 Å². The molecule has 0 radical (unpaired) electrons. The van der Waals surface area contributed by atoms with Crippen molar-refractivity contribution in [2.45, 2.75) is 32.4 Å². The van der Waals surface area contributed by atoms with Crippen LogP contribution in [0, 0.1) is 0 Å². The summed E-state index contributed by atoms with van der Waals surface area (Å²) < 4.78 is 0. The zero-order valence-electron chi connectivity index (χ0n) is 14.1. The third-order valence-electron chi connectivity index (χ3n) is 5.04. The molecule has 3 heteroatoms. The van der Waals surface area contributed by atoms with Crippen molar-refractivity contribution in [2.75, 3.05) is 13.1 Å². The van der Waals surface area contributed by atoms with Crippen molar-refractivity contribution in [3.05, 3.63) is 59.7 Å². The number of rotatable bonds is 4. The average molecular weight is 319 g/mol. The Balaban J connectivity index is 1.53. The van der Waals surface area contributed by atoms with Crippen molar-refractivity contribution in [1.29, 1.82) is 0 Å². The van der Waals surface area contributed by atoms with Gasteiger partial charge in [-0.2, -0.15) is 0 Å². The Morgan fingerprint density at radius 1 is 0.875 bits per heavy atom.